The lowest BCUT2D eigenvalue weighted by Crippen LogP contribution is -2.32. The molecule has 0 spiro atoms. The number of nitrogens with one attached hydrogen (secondary N) is 1. The minimum absolute atomic E-state index is 0.279. The Hall–Kier alpha value is -1.37. The van der Waals surface area contributed by atoms with Crippen LogP contribution in [0.2, 0.25) is 0 Å². The second-order valence-electron chi connectivity index (χ2n) is 4.90. The molecule has 0 saturated heterocycles. The highest BCUT2D eigenvalue weighted by molar-refractivity contribution is 9.10. The molecule has 2 rings (SSSR count). The predicted molar refractivity (Wildman–Crippen MR) is 85.4 cm³/mol. The number of aryl methyl sites for hydroxylation is 1. The van der Waals surface area contributed by atoms with Gasteiger partial charge in [0.1, 0.15) is 18.5 Å². The van der Waals surface area contributed by atoms with Crippen molar-refractivity contribution in [1.29, 1.82) is 0 Å². The van der Waals surface area contributed by atoms with E-state index in [0.29, 0.717) is 6.54 Å². The molecule has 0 aliphatic heterocycles. The molecule has 0 aliphatic rings. The molecule has 0 bridgehead atoms. The van der Waals surface area contributed by atoms with Crippen molar-refractivity contribution in [3.8, 4) is 5.75 Å². The summed E-state index contributed by atoms with van der Waals surface area (Å²) in [5, 5.41) is 17.2. The second-order valence-corrected chi connectivity index (χ2v) is 5.81. The smallest absolute Gasteiger partial charge is 0.119 e. The zero-order valence-electron chi connectivity index (χ0n) is 12.0. The van der Waals surface area contributed by atoms with Crippen molar-refractivity contribution in [1.82, 2.24) is 15.1 Å². The summed E-state index contributed by atoms with van der Waals surface area (Å²) in [5.41, 5.74) is 1.19. The largest absolute Gasteiger partial charge is 0.491 e. The van der Waals surface area contributed by atoms with Gasteiger partial charge in [0.05, 0.1) is 6.20 Å². The van der Waals surface area contributed by atoms with Crippen LogP contribution < -0.4 is 10.1 Å². The van der Waals surface area contributed by atoms with Gasteiger partial charge in [0.2, 0.25) is 0 Å². The lowest BCUT2D eigenvalue weighted by Gasteiger charge is -2.13. The minimum Gasteiger partial charge on any atom is -0.491 e. The van der Waals surface area contributed by atoms with Crippen LogP contribution in [-0.4, -0.2) is 40.7 Å². The third-order valence-corrected chi connectivity index (χ3v) is 3.51. The molecule has 0 amide bonds. The maximum Gasteiger partial charge on any atom is 0.119 e. The van der Waals surface area contributed by atoms with Crippen molar-refractivity contribution in [3.63, 3.8) is 0 Å². The van der Waals surface area contributed by atoms with Crippen LogP contribution in [0.25, 0.3) is 0 Å². The van der Waals surface area contributed by atoms with Gasteiger partial charge in [0.25, 0.3) is 0 Å². The van der Waals surface area contributed by atoms with E-state index >= 15 is 0 Å². The third kappa shape index (κ3) is 5.87. The van der Waals surface area contributed by atoms with Gasteiger partial charge in [-0.3, -0.25) is 4.68 Å². The Morgan fingerprint density at radius 1 is 1.38 bits per heavy atom. The zero-order valence-corrected chi connectivity index (χ0v) is 13.6. The first-order valence-electron chi connectivity index (χ1n) is 6.88. The average molecular weight is 354 g/mol. The number of halogens is 1. The summed E-state index contributed by atoms with van der Waals surface area (Å²) in [4.78, 5) is 0. The highest BCUT2D eigenvalue weighted by atomic mass is 79.9. The topological polar surface area (TPSA) is 59.3 Å². The number of aliphatic hydroxyl groups excluding tert-OH is 1. The number of hydrogen-bond donors (Lipinski definition) is 2. The molecule has 1 unspecified atom stereocenters. The first-order valence-corrected chi connectivity index (χ1v) is 7.67. The van der Waals surface area contributed by atoms with Gasteiger partial charge in [-0.2, -0.15) is 5.10 Å². The van der Waals surface area contributed by atoms with E-state index in [4.69, 9.17) is 4.74 Å². The maximum atomic E-state index is 9.85. The Balaban J connectivity index is 1.59. The molecule has 1 aromatic carbocycles. The highest BCUT2D eigenvalue weighted by Gasteiger charge is 2.05. The molecule has 5 nitrogen and oxygen atoms in total. The van der Waals surface area contributed by atoms with E-state index in [1.165, 1.54) is 5.56 Å². The number of ether oxygens (including phenoxy) is 1. The predicted octanol–water partition coefficient (Wildman–Crippen LogP) is 1.75. The van der Waals surface area contributed by atoms with Gasteiger partial charge in [0, 0.05) is 24.3 Å². The van der Waals surface area contributed by atoms with Gasteiger partial charge < -0.3 is 15.2 Å². The van der Waals surface area contributed by atoms with Crippen LogP contribution in [0, 0.1) is 0 Å². The summed E-state index contributed by atoms with van der Waals surface area (Å²) in [7, 11) is 1.90. The van der Waals surface area contributed by atoms with E-state index in [2.05, 4.69) is 26.3 Å². The van der Waals surface area contributed by atoms with Crippen LogP contribution in [0.1, 0.15) is 5.56 Å². The lowest BCUT2D eigenvalue weighted by atomic mass is 10.2. The molecule has 1 aromatic heterocycles. The van der Waals surface area contributed by atoms with Crippen molar-refractivity contribution >= 4 is 15.9 Å². The van der Waals surface area contributed by atoms with Gasteiger partial charge in [-0.05, 0) is 42.8 Å². The Morgan fingerprint density at radius 2 is 2.14 bits per heavy atom. The molecule has 2 N–H and O–H groups in total. The fourth-order valence-electron chi connectivity index (χ4n) is 1.88. The summed E-state index contributed by atoms with van der Waals surface area (Å²) in [6.07, 6.45) is 4.22. The number of rotatable bonds is 8. The summed E-state index contributed by atoms with van der Waals surface area (Å²) >= 11 is 3.37. The van der Waals surface area contributed by atoms with Gasteiger partial charge in [0.15, 0.2) is 0 Å². The molecule has 0 aliphatic carbocycles. The van der Waals surface area contributed by atoms with Crippen LogP contribution in [0.5, 0.6) is 5.75 Å². The quantitative estimate of drug-likeness (QED) is 0.710. The van der Waals surface area contributed by atoms with Crippen LogP contribution in [0.4, 0.5) is 0 Å². The Labute approximate surface area is 133 Å². The minimum atomic E-state index is -0.525. The van der Waals surface area contributed by atoms with Crippen molar-refractivity contribution in [2.45, 2.75) is 12.5 Å². The Kier molecular flexibility index (Phi) is 6.22. The Bertz CT molecular complexity index is 542. The van der Waals surface area contributed by atoms with Crippen molar-refractivity contribution < 1.29 is 9.84 Å². The number of nitrogens with zero attached hydrogens (tertiary/aromatic N) is 2. The summed E-state index contributed by atoms with van der Waals surface area (Å²) in [5.74, 6) is 0.757. The molecule has 0 radical (unpaired) electrons. The molecule has 114 valence electrons. The number of hydrogen-bond acceptors (Lipinski definition) is 4. The Morgan fingerprint density at radius 3 is 2.81 bits per heavy atom. The number of aromatic nitrogens is 2. The average Bonchev–Trinajstić information content (AvgIpc) is 2.89. The van der Waals surface area contributed by atoms with E-state index in [1.54, 1.807) is 4.68 Å². The van der Waals surface area contributed by atoms with Crippen molar-refractivity contribution in [2.24, 2.45) is 7.05 Å². The van der Waals surface area contributed by atoms with E-state index in [-0.39, 0.29) is 6.61 Å². The van der Waals surface area contributed by atoms with E-state index in [0.717, 1.165) is 23.2 Å². The molecule has 21 heavy (non-hydrogen) atoms. The maximum absolute atomic E-state index is 9.85. The van der Waals surface area contributed by atoms with Gasteiger partial charge in [-0.15, -0.1) is 0 Å². The lowest BCUT2D eigenvalue weighted by molar-refractivity contribution is 0.106. The number of benzene rings is 1. The van der Waals surface area contributed by atoms with Crippen LogP contribution in [0.15, 0.2) is 41.1 Å². The summed E-state index contributed by atoms with van der Waals surface area (Å²) in [6, 6.07) is 7.56. The first-order chi connectivity index (χ1) is 10.1. The molecule has 6 heteroatoms. The van der Waals surface area contributed by atoms with Crippen LogP contribution >= 0.6 is 15.9 Å². The van der Waals surface area contributed by atoms with Gasteiger partial charge in [-0.25, -0.2) is 0 Å². The monoisotopic (exact) mass is 353 g/mol. The molecule has 1 atom stereocenters. The highest BCUT2D eigenvalue weighted by Crippen LogP contribution is 2.16. The van der Waals surface area contributed by atoms with Crippen LogP contribution in [-0.2, 0) is 13.5 Å². The van der Waals surface area contributed by atoms with E-state index in [9.17, 15) is 5.11 Å². The molecular weight excluding hydrogens is 334 g/mol. The van der Waals surface area contributed by atoms with E-state index < -0.39 is 6.10 Å². The van der Waals surface area contributed by atoms with Gasteiger partial charge in [-0.1, -0.05) is 15.9 Å². The fraction of sp³-hybridized carbons (Fsp3) is 0.400. The summed E-state index contributed by atoms with van der Waals surface area (Å²) in [6.45, 7) is 1.60. The normalized spacial score (nSPS) is 12.3. The number of aliphatic hydroxyl groups is 1. The fourth-order valence-corrected chi connectivity index (χ4v) is 2.15. The molecule has 1 heterocycles. The second kappa shape index (κ2) is 8.17. The zero-order chi connectivity index (χ0) is 15.1. The van der Waals surface area contributed by atoms with Crippen molar-refractivity contribution in [3.05, 3.63) is 46.7 Å². The first kappa shape index (κ1) is 16.0. The third-order valence-electron chi connectivity index (χ3n) is 2.98. The van der Waals surface area contributed by atoms with Crippen LogP contribution in [0.3, 0.4) is 0 Å². The SMILES string of the molecule is Cn1cc(CCNCC(O)COc2ccc(Br)cc2)cn1. The summed E-state index contributed by atoms with van der Waals surface area (Å²) < 4.78 is 8.31. The van der Waals surface area contributed by atoms with Gasteiger partial charge >= 0.3 is 0 Å². The van der Waals surface area contributed by atoms with Crippen molar-refractivity contribution in [2.75, 3.05) is 19.7 Å². The molecule has 0 saturated carbocycles. The standard InChI is InChI=1S/C15H20BrN3O2/c1-19-10-12(8-18-19)6-7-17-9-14(20)11-21-15-4-2-13(16)3-5-15/h2-5,8,10,14,17,20H,6-7,9,11H2,1H3. The molecule has 0 fully saturated rings. The molecule has 2 aromatic rings. The molecular formula is C15H20BrN3O2. The van der Waals surface area contributed by atoms with E-state index in [1.807, 2.05) is 43.7 Å².